The fourth-order valence-corrected chi connectivity index (χ4v) is 2.07. The number of nitrogens with one attached hydrogen (secondary N) is 2. The molecule has 0 saturated carbocycles. The minimum Gasteiger partial charge on any atom is -0.352 e. The molecule has 0 spiro atoms. The second kappa shape index (κ2) is 7.57. The number of fused-ring (bicyclic) bond motifs is 1. The zero-order valence-corrected chi connectivity index (χ0v) is 14.2. The van der Waals surface area contributed by atoms with Crippen molar-refractivity contribution in [1.82, 2.24) is 20.6 Å². The molecule has 0 unspecified atom stereocenters. The van der Waals surface area contributed by atoms with Gasteiger partial charge in [0.15, 0.2) is 4.84 Å². The van der Waals surface area contributed by atoms with E-state index >= 15 is 0 Å². The fraction of sp³-hybridized carbons (Fsp3) is 0.333. The summed E-state index contributed by atoms with van der Waals surface area (Å²) in [7, 11) is 0. The van der Waals surface area contributed by atoms with Gasteiger partial charge in [0, 0.05) is 18.7 Å². The Morgan fingerprint density at radius 3 is 2.30 bits per heavy atom. The Kier molecular flexibility index (Phi) is 5.74. The first-order valence-electron chi connectivity index (χ1n) is 6.97. The second-order valence-corrected chi connectivity index (χ2v) is 6.04. The first-order chi connectivity index (χ1) is 10.9. The van der Waals surface area contributed by atoms with Gasteiger partial charge in [-0.2, -0.15) is 0 Å². The van der Waals surface area contributed by atoms with Crippen molar-refractivity contribution in [2.24, 2.45) is 0 Å². The van der Waals surface area contributed by atoms with Gasteiger partial charge in [-0.3, -0.25) is 9.59 Å². The zero-order chi connectivity index (χ0) is 17.0. The summed E-state index contributed by atoms with van der Waals surface area (Å²) in [6, 6.07) is 5.14. The first kappa shape index (κ1) is 17.4. The molecule has 2 N–H and O–H groups in total. The number of aromatic nitrogens is 2. The van der Waals surface area contributed by atoms with Crippen LogP contribution in [0, 0.1) is 13.8 Å². The van der Waals surface area contributed by atoms with E-state index in [0.717, 1.165) is 16.9 Å². The van der Waals surface area contributed by atoms with E-state index in [4.69, 9.17) is 23.2 Å². The number of hydrogen-bond acceptors (Lipinski definition) is 4. The van der Waals surface area contributed by atoms with E-state index in [0.29, 0.717) is 11.1 Å². The van der Waals surface area contributed by atoms with E-state index in [1.54, 1.807) is 18.2 Å². The number of benzene rings is 1. The fourth-order valence-electron chi connectivity index (χ4n) is 1.91. The standard InChI is InChI=1S/C15H16Cl2N4O2/c1-8-9(2)21-12-7-10(3-4-11(12)20-8)14(22)18-5-6-19-15(23)13(16)17/h3-4,7,13H,5-6H2,1-2H3,(H,18,22)(H,19,23). The van der Waals surface area contributed by atoms with E-state index < -0.39 is 10.7 Å². The largest absolute Gasteiger partial charge is 0.352 e. The highest BCUT2D eigenvalue weighted by Crippen LogP contribution is 2.14. The van der Waals surface area contributed by atoms with Crippen LogP contribution in [-0.2, 0) is 4.79 Å². The van der Waals surface area contributed by atoms with Gasteiger partial charge in [-0.15, -0.1) is 0 Å². The maximum atomic E-state index is 12.1. The van der Waals surface area contributed by atoms with E-state index in [1.165, 1.54) is 0 Å². The number of nitrogens with zero attached hydrogens (tertiary/aromatic N) is 2. The number of aryl methyl sites for hydroxylation is 2. The molecule has 0 aliphatic carbocycles. The lowest BCUT2D eigenvalue weighted by Crippen LogP contribution is -2.36. The number of halogens is 2. The summed E-state index contributed by atoms with van der Waals surface area (Å²) in [5, 5.41) is 5.19. The summed E-state index contributed by atoms with van der Waals surface area (Å²) >= 11 is 10.8. The summed E-state index contributed by atoms with van der Waals surface area (Å²) in [6.45, 7) is 4.27. The lowest BCUT2D eigenvalue weighted by molar-refractivity contribution is -0.119. The lowest BCUT2D eigenvalue weighted by atomic mass is 10.1. The molecule has 1 aromatic carbocycles. The molecule has 122 valence electrons. The van der Waals surface area contributed by atoms with Crippen LogP contribution in [0.1, 0.15) is 21.7 Å². The van der Waals surface area contributed by atoms with Gasteiger partial charge in [0.05, 0.1) is 22.4 Å². The summed E-state index contributed by atoms with van der Waals surface area (Å²) in [4.78, 5) is 31.0. The van der Waals surface area contributed by atoms with Gasteiger partial charge in [-0.1, -0.05) is 23.2 Å². The van der Waals surface area contributed by atoms with Crippen LogP contribution in [-0.4, -0.2) is 39.7 Å². The number of amides is 2. The third-order valence-corrected chi connectivity index (χ3v) is 3.64. The van der Waals surface area contributed by atoms with Crippen LogP contribution < -0.4 is 10.6 Å². The van der Waals surface area contributed by atoms with E-state index in [2.05, 4.69) is 20.6 Å². The van der Waals surface area contributed by atoms with Gasteiger partial charge < -0.3 is 10.6 Å². The van der Waals surface area contributed by atoms with Crippen molar-refractivity contribution in [3.8, 4) is 0 Å². The zero-order valence-electron chi connectivity index (χ0n) is 12.7. The van der Waals surface area contributed by atoms with Crippen LogP contribution in [0.2, 0.25) is 0 Å². The maximum absolute atomic E-state index is 12.1. The number of carbonyl (C=O) groups excluding carboxylic acids is 2. The van der Waals surface area contributed by atoms with Crippen LogP contribution in [0.25, 0.3) is 11.0 Å². The van der Waals surface area contributed by atoms with E-state index in [-0.39, 0.29) is 19.0 Å². The maximum Gasteiger partial charge on any atom is 0.253 e. The Morgan fingerprint density at radius 2 is 1.65 bits per heavy atom. The highest BCUT2D eigenvalue weighted by Gasteiger charge is 2.11. The quantitative estimate of drug-likeness (QED) is 0.634. The topological polar surface area (TPSA) is 84.0 Å². The van der Waals surface area contributed by atoms with Crippen molar-refractivity contribution >= 4 is 46.0 Å². The van der Waals surface area contributed by atoms with Crippen LogP contribution in [0.15, 0.2) is 18.2 Å². The molecule has 1 heterocycles. The molecule has 0 radical (unpaired) electrons. The number of rotatable bonds is 5. The van der Waals surface area contributed by atoms with Crippen LogP contribution in [0.4, 0.5) is 0 Å². The van der Waals surface area contributed by atoms with E-state index in [1.807, 2.05) is 13.8 Å². The second-order valence-electron chi connectivity index (χ2n) is 4.95. The molecule has 0 fully saturated rings. The third kappa shape index (κ3) is 4.53. The van der Waals surface area contributed by atoms with Crippen molar-refractivity contribution in [3.05, 3.63) is 35.2 Å². The minimum atomic E-state index is -1.11. The Bertz CT molecular complexity index is 750. The lowest BCUT2D eigenvalue weighted by Gasteiger charge is -2.08. The average molecular weight is 355 g/mol. The molecular formula is C15H16Cl2N4O2. The molecule has 0 saturated heterocycles. The Labute approximate surface area is 143 Å². The monoisotopic (exact) mass is 354 g/mol. The molecule has 6 nitrogen and oxygen atoms in total. The average Bonchev–Trinajstić information content (AvgIpc) is 2.51. The molecule has 2 amide bonds. The molecule has 1 aromatic heterocycles. The Hall–Kier alpha value is -1.92. The molecule has 2 aromatic rings. The summed E-state index contributed by atoms with van der Waals surface area (Å²) in [6.07, 6.45) is 0. The summed E-state index contributed by atoms with van der Waals surface area (Å²) < 4.78 is 0. The van der Waals surface area contributed by atoms with Gasteiger partial charge in [-0.05, 0) is 32.0 Å². The predicted molar refractivity (Wildman–Crippen MR) is 89.8 cm³/mol. The van der Waals surface area contributed by atoms with Crippen molar-refractivity contribution < 1.29 is 9.59 Å². The van der Waals surface area contributed by atoms with Crippen LogP contribution in [0.5, 0.6) is 0 Å². The van der Waals surface area contributed by atoms with Crippen LogP contribution >= 0.6 is 23.2 Å². The van der Waals surface area contributed by atoms with Gasteiger partial charge in [0.2, 0.25) is 0 Å². The Balaban J connectivity index is 1.98. The van der Waals surface area contributed by atoms with Gasteiger partial charge in [0.1, 0.15) is 0 Å². The minimum absolute atomic E-state index is 0.242. The molecule has 2 rings (SSSR count). The smallest absolute Gasteiger partial charge is 0.253 e. The van der Waals surface area contributed by atoms with Gasteiger partial charge in [0.25, 0.3) is 11.8 Å². The molecule has 0 aliphatic rings. The molecule has 8 heteroatoms. The highest BCUT2D eigenvalue weighted by atomic mass is 35.5. The molecule has 0 aliphatic heterocycles. The molecular weight excluding hydrogens is 339 g/mol. The van der Waals surface area contributed by atoms with Gasteiger partial charge in [-0.25, -0.2) is 9.97 Å². The number of hydrogen-bond donors (Lipinski definition) is 2. The predicted octanol–water partition coefficient (Wildman–Crippen LogP) is 1.90. The van der Waals surface area contributed by atoms with Crippen molar-refractivity contribution in [2.75, 3.05) is 13.1 Å². The summed E-state index contributed by atoms with van der Waals surface area (Å²) in [5.41, 5.74) is 3.58. The van der Waals surface area contributed by atoms with E-state index in [9.17, 15) is 9.59 Å². The number of alkyl halides is 2. The molecule has 0 atom stereocenters. The highest BCUT2D eigenvalue weighted by molar-refractivity contribution is 6.53. The Morgan fingerprint density at radius 1 is 1.04 bits per heavy atom. The van der Waals surface area contributed by atoms with Crippen LogP contribution in [0.3, 0.4) is 0 Å². The van der Waals surface area contributed by atoms with Crippen molar-refractivity contribution in [3.63, 3.8) is 0 Å². The van der Waals surface area contributed by atoms with Crippen molar-refractivity contribution in [1.29, 1.82) is 0 Å². The van der Waals surface area contributed by atoms with Crippen molar-refractivity contribution in [2.45, 2.75) is 18.7 Å². The van der Waals surface area contributed by atoms with Gasteiger partial charge >= 0.3 is 0 Å². The number of carbonyl (C=O) groups is 2. The normalized spacial score (nSPS) is 10.8. The first-order valence-corrected chi connectivity index (χ1v) is 7.85. The molecule has 0 bridgehead atoms. The SMILES string of the molecule is Cc1nc2ccc(C(=O)NCCNC(=O)C(Cl)Cl)cc2nc1C. The summed E-state index contributed by atoms with van der Waals surface area (Å²) in [5.74, 6) is -0.746. The molecule has 23 heavy (non-hydrogen) atoms. The third-order valence-electron chi connectivity index (χ3n) is 3.25.